The van der Waals surface area contributed by atoms with Crippen LogP contribution in [-0.4, -0.2) is 42.2 Å². The fourth-order valence-corrected chi connectivity index (χ4v) is 1.87. The van der Waals surface area contributed by atoms with Crippen molar-refractivity contribution in [3.63, 3.8) is 0 Å². The van der Waals surface area contributed by atoms with Gasteiger partial charge >= 0.3 is 6.01 Å². The lowest BCUT2D eigenvalue weighted by Crippen LogP contribution is -2.18. The van der Waals surface area contributed by atoms with Crippen LogP contribution in [0.4, 0.5) is 11.9 Å². The number of aromatic nitrogens is 3. The van der Waals surface area contributed by atoms with Gasteiger partial charge in [-0.15, -0.1) is 0 Å². The summed E-state index contributed by atoms with van der Waals surface area (Å²) < 4.78 is 5.78. The number of hydrogen-bond acceptors (Lipinski definition) is 6. The van der Waals surface area contributed by atoms with Crippen molar-refractivity contribution in [2.24, 2.45) is 0 Å². The maximum Gasteiger partial charge on any atom is 0.323 e. The molecule has 0 bridgehead atoms. The van der Waals surface area contributed by atoms with Gasteiger partial charge in [0.2, 0.25) is 11.9 Å². The minimum Gasteiger partial charge on any atom is -0.460 e. The van der Waals surface area contributed by atoms with Crippen LogP contribution < -0.4 is 15.0 Å². The van der Waals surface area contributed by atoms with Crippen LogP contribution in [-0.2, 0) is 0 Å². The van der Waals surface area contributed by atoms with Gasteiger partial charge in [0.25, 0.3) is 0 Å². The van der Waals surface area contributed by atoms with E-state index < -0.39 is 0 Å². The minimum atomic E-state index is 0.261. The van der Waals surface area contributed by atoms with Crippen LogP contribution in [0, 0.1) is 0 Å². The van der Waals surface area contributed by atoms with Crippen molar-refractivity contribution in [3.05, 3.63) is 0 Å². The van der Waals surface area contributed by atoms with E-state index in [1.165, 1.54) is 12.8 Å². The molecule has 1 aliphatic rings. The SMILES string of the molecule is CNc1nc(OC2CCCC2)nc(N(C)C)n1. The highest BCUT2D eigenvalue weighted by atomic mass is 16.5. The van der Waals surface area contributed by atoms with Crippen LogP contribution in [0.5, 0.6) is 6.01 Å². The normalized spacial score (nSPS) is 15.9. The number of nitrogens with zero attached hydrogens (tertiary/aromatic N) is 4. The van der Waals surface area contributed by atoms with Gasteiger partial charge < -0.3 is 15.0 Å². The van der Waals surface area contributed by atoms with Crippen molar-refractivity contribution < 1.29 is 4.74 Å². The molecule has 0 spiro atoms. The van der Waals surface area contributed by atoms with Gasteiger partial charge in [0.05, 0.1) is 0 Å². The van der Waals surface area contributed by atoms with Crippen LogP contribution in [0.15, 0.2) is 0 Å². The maximum atomic E-state index is 5.78. The molecule has 17 heavy (non-hydrogen) atoms. The summed E-state index contributed by atoms with van der Waals surface area (Å²) in [6.45, 7) is 0. The molecule has 94 valence electrons. The molecule has 6 nitrogen and oxygen atoms in total. The predicted octanol–water partition coefficient (Wildman–Crippen LogP) is 1.30. The van der Waals surface area contributed by atoms with E-state index in [2.05, 4.69) is 20.3 Å². The van der Waals surface area contributed by atoms with Gasteiger partial charge in [0.1, 0.15) is 6.10 Å². The highest BCUT2D eigenvalue weighted by Gasteiger charge is 2.19. The van der Waals surface area contributed by atoms with Gasteiger partial charge in [-0.25, -0.2) is 0 Å². The maximum absolute atomic E-state index is 5.78. The van der Waals surface area contributed by atoms with Crippen LogP contribution in [0.2, 0.25) is 0 Å². The summed E-state index contributed by atoms with van der Waals surface area (Å²) in [5.74, 6) is 1.15. The summed E-state index contributed by atoms with van der Waals surface area (Å²) in [4.78, 5) is 14.6. The lowest BCUT2D eigenvalue weighted by molar-refractivity contribution is 0.192. The molecule has 1 aromatic heterocycles. The quantitative estimate of drug-likeness (QED) is 0.851. The van der Waals surface area contributed by atoms with Crippen molar-refractivity contribution >= 4 is 11.9 Å². The summed E-state index contributed by atoms with van der Waals surface area (Å²) in [7, 11) is 5.58. The molecule has 1 aromatic rings. The molecule has 0 amide bonds. The zero-order chi connectivity index (χ0) is 12.3. The third kappa shape index (κ3) is 2.95. The van der Waals surface area contributed by atoms with E-state index in [9.17, 15) is 0 Å². The Morgan fingerprint density at radius 3 is 2.47 bits per heavy atom. The van der Waals surface area contributed by atoms with Crippen molar-refractivity contribution in [1.82, 2.24) is 15.0 Å². The van der Waals surface area contributed by atoms with Gasteiger partial charge in [0, 0.05) is 21.1 Å². The summed E-state index contributed by atoms with van der Waals surface area (Å²) in [6.07, 6.45) is 4.91. The molecule has 0 aromatic carbocycles. The third-order valence-electron chi connectivity index (χ3n) is 2.80. The van der Waals surface area contributed by atoms with E-state index >= 15 is 0 Å². The van der Waals surface area contributed by atoms with Crippen molar-refractivity contribution in [2.45, 2.75) is 31.8 Å². The Hall–Kier alpha value is -1.59. The molecule has 0 radical (unpaired) electrons. The van der Waals surface area contributed by atoms with E-state index in [0.29, 0.717) is 17.9 Å². The lowest BCUT2D eigenvalue weighted by atomic mass is 10.3. The van der Waals surface area contributed by atoms with E-state index in [1.54, 1.807) is 7.05 Å². The molecule has 1 aliphatic carbocycles. The Morgan fingerprint density at radius 1 is 1.18 bits per heavy atom. The first-order chi connectivity index (χ1) is 8.19. The highest BCUT2D eigenvalue weighted by Crippen LogP contribution is 2.23. The Balaban J connectivity index is 2.16. The van der Waals surface area contributed by atoms with E-state index in [-0.39, 0.29) is 6.10 Å². The van der Waals surface area contributed by atoms with Crippen molar-refractivity contribution in [2.75, 3.05) is 31.4 Å². The number of anilines is 2. The number of nitrogens with one attached hydrogen (secondary N) is 1. The van der Waals surface area contributed by atoms with Crippen LogP contribution in [0.25, 0.3) is 0 Å². The average molecular weight is 237 g/mol. The van der Waals surface area contributed by atoms with Crippen LogP contribution in [0.3, 0.4) is 0 Å². The number of rotatable bonds is 4. The predicted molar refractivity (Wildman–Crippen MR) is 66.6 cm³/mol. The first-order valence-corrected chi connectivity index (χ1v) is 5.97. The van der Waals surface area contributed by atoms with Gasteiger partial charge in [0.15, 0.2) is 0 Å². The first-order valence-electron chi connectivity index (χ1n) is 5.97. The Kier molecular flexibility index (Phi) is 3.61. The van der Waals surface area contributed by atoms with Crippen molar-refractivity contribution in [3.8, 4) is 6.01 Å². The molecule has 1 heterocycles. The Morgan fingerprint density at radius 2 is 1.88 bits per heavy atom. The second-order valence-electron chi connectivity index (χ2n) is 4.41. The lowest BCUT2D eigenvalue weighted by Gasteiger charge is -2.15. The molecule has 6 heteroatoms. The zero-order valence-electron chi connectivity index (χ0n) is 10.6. The van der Waals surface area contributed by atoms with E-state index in [0.717, 1.165) is 12.8 Å². The molecule has 0 atom stereocenters. The van der Waals surface area contributed by atoms with Gasteiger partial charge in [-0.2, -0.15) is 15.0 Å². The monoisotopic (exact) mass is 237 g/mol. The van der Waals surface area contributed by atoms with E-state index in [1.807, 2.05) is 19.0 Å². The average Bonchev–Trinajstić information content (AvgIpc) is 2.81. The molecule has 1 N–H and O–H groups in total. The minimum absolute atomic E-state index is 0.261. The van der Waals surface area contributed by atoms with Gasteiger partial charge in [-0.05, 0) is 25.7 Å². The topological polar surface area (TPSA) is 63.2 Å². The fraction of sp³-hybridized carbons (Fsp3) is 0.727. The summed E-state index contributed by atoms with van der Waals surface area (Å²) in [5, 5.41) is 2.92. The van der Waals surface area contributed by atoms with Gasteiger partial charge in [-0.3, -0.25) is 0 Å². The summed E-state index contributed by atoms with van der Waals surface area (Å²) in [6, 6.07) is 0.417. The first kappa shape index (κ1) is 11.9. The molecular weight excluding hydrogens is 218 g/mol. The molecule has 1 fully saturated rings. The fourth-order valence-electron chi connectivity index (χ4n) is 1.87. The Bertz CT molecular complexity index is 376. The highest BCUT2D eigenvalue weighted by molar-refractivity contribution is 5.36. The third-order valence-corrected chi connectivity index (χ3v) is 2.80. The second-order valence-corrected chi connectivity index (χ2v) is 4.41. The van der Waals surface area contributed by atoms with E-state index in [4.69, 9.17) is 4.74 Å². The number of ether oxygens (including phenoxy) is 1. The zero-order valence-corrected chi connectivity index (χ0v) is 10.6. The molecule has 1 saturated carbocycles. The Labute approximate surface area is 101 Å². The molecule has 0 unspecified atom stereocenters. The second kappa shape index (κ2) is 5.16. The van der Waals surface area contributed by atoms with Crippen LogP contribution in [0.1, 0.15) is 25.7 Å². The molecular formula is C11H19N5O. The molecule has 0 aliphatic heterocycles. The van der Waals surface area contributed by atoms with Crippen molar-refractivity contribution in [1.29, 1.82) is 0 Å². The van der Waals surface area contributed by atoms with Crippen LogP contribution >= 0.6 is 0 Å². The summed E-state index contributed by atoms with van der Waals surface area (Å²) >= 11 is 0. The number of hydrogen-bond donors (Lipinski definition) is 1. The standard InChI is InChI=1S/C11H19N5O/c1-12-9-13-10(16(2)3)15-11(14-9)17-8-6-4-5-7-8/h8H,4-7H2,1-3H3,(H,12,13,14,15). The smallest absolute Gasteiger partial charge is 0.323 e. The van der Waals surface area contributed by atoms with Gasteiger partial charge in [-0.1, -0.05) is 0 Å². The largest absolute Gasteiger partial charge is 0.460 e. The molecule has 0 saturated heterocycles. The molecule has 2 rings (SSSR count). The summed E-state index contributed by atoms with van der Waals surface area (Å²) in [5.41, 5.74) is 0.